The number of aromatic nitrogens is 3. The molecule has 0 aromatic carbocycles. The smallest absolute Gasteiger partial charge is 0.138 e. The van der Waals surface area contributed by atoms with E-state index < -0.39 is 5.60 Å². The van der Waals surface area contributed by atoms with Crippen molar-refractivity contribution in [3.05, 3.63) is 42.4 Å². The molecule has 8 nitrogen and oxygen atoms in total. The lowest BCUT2D eigenvalue weighted by molar-refractivity contribution is 0.0283. The van der Waals surface area contributed by atoms with E-state index in [4.69, 9.17) is 10.5 Å². The molecule has 8 heteroatoms. The number of nitrogens with zero attached hydrogens (tertiary/aromatic N) is 5. The first-order valence-electron chi connectivity index (χ1n) is 9.42. The minimum Gasteiger partial charge on any atom is -0.489 e. The zero-order valence-corrected chi connectivity index (χ0v) is 16.8. The number of ether oxygens (including phenoxy) is 1. The van der Waals surface area contributed by atoms with Crippen LogP contribution in [0.3, 0.4) is 0 Å². The van der Waals surface area contributed by atoms with Gasteiger partial charge in [0.2, 0.25) is 0 Å². The first-order chi connectivity index (χ1) is 13.6. The fourth-order valence-electron chi connectivity index (χ4n) is 3.46. The van der Waals surface area contributed by atoms with Gasteiger partial charge in [-0.2, -0.15) is 10.4 Å². The molecule has 0 spiro atoms. The number of rotatable bonds is 5. The summed E-state index contributed by atoms with van der Waals surface area (Å²) in [6.07, 6.45) is 5.02. The molecular weight excluding hydrogens is 368 g/mol. The van der Waals surface area contributed by atoms with Crippen molar-refractivity contribution in [3.8, 4) is 22.9 Å². The summed E-state index contributed by atoms with van der Waals surface area (Å²) in [6.45, 7) is 7.05. The molecule has 150 valence electrons. The standard InChI is InChI=1S/C21H24N6O2/c1-20(2,28)13-29-16-6-17(19-15(7-22)9-25-27(19)10-16)14-4-5-18(24-8-14)26-11-21(3,23)12-26/h4-6,8-10,28H,11-13,23H2,1-3H3. The van der Waals surface area contributed by atoms with Crippen LogP contribution in [0.4, 0.5) is 5.82 Å². The highest BCUT2D eigenvalue weighted by Gasteiger charge is 2.35. The second-order valence-corrected chi connectivity index (χ2v) is 8.57. The molecule has 3 aromatic heterocycles. The summed E-state index contributed by atoms with van der Waals surface area (Å²) in [5, 5.41) is 23.7. The Kier molecular flexibility index (Phi) is 4.45. The number of pyridine rings is 2. The summed E-state index contributed by atoms with van der Waals surface area (Å²) in [5.74, 6) is 1.42. The van der Waals surface area contributed by atoms with Crippen molar-refractivity contribution in [2.45, 2.75) is 31.9 Å². The monoisotopic (exact) mass is 392 g/mol. The number of nitriles is 1. The number of fused-ring (bicyclic) bond motifs is 1. The maximum Gasteiger partial charge on any atom is 0.138 e. The summed E-state index contributed by atoms with van der Waals surface area (Å²) in [6, 6.07) is 7.96. The lowest BCUT2D eigenvalue weighted by Gasteiger charge is -2.46. The third-order valence-corrected chi connectivity index (χ3v) is 4.79. The van der Waals surface area contributed by atoms with Crippen LogP contribution in [0.15, 0.2) is 36.8 Å². The van der Waals surface area contributed by atoms with Gasteiger partial charge in [-0.15, -0.1) is 0 Å². The Morgan fingerprint density at radius 2 is 2.10 bits per heavy atom. The van der Waals surface area contributed by atoms with Gasteiger partial charge in [0.1, 0.15) is 24.2 Å². The third-order valence-electron chi connectivity index (χ3n) is 4.79. The fourth-order valence-corrected chi connectivity index (χ4v) is 3.46. The van der Waals surface area contributed by atoms with E-state index in [9.17, 15) is 10.4 Å². The van der Waals surface area contributed by atoms with Gasteiger partial charge in [0.25, 0.3) is 0 Å². The second kappa shape index (κ2) is 6.72. The highest BCUT2D eigenvalue weighted by molar-refractivity contribution is 5.85. The van der Waals surface area contributed by atoms with Crippen molar-refractivity contribution in [1.29, 1.82) is 5.26 Å². The molecule has 1 saturated heterocycles. The molecule has 0 atom stereocenters. The van der Waals surface area contributed by atoms with Crippen LogP contribution in [-0.2, 0) is 0 Å². The Morgan fingerprint density at radius 1 is 1.34 bits per heavy atom. The number of aliphatic hydroxyl groups is 1. The zero-order chi connectivity index (χ0) is 20.8. The lowest BCUT2D eigenvalue weighted by Crippen LogP contribution is -2.65. The van der Waals surface area contributed by atoms with E-state index >= 15 is 0 Å². The van der Waals surface area contributed by atoms with Gasteiger partial charge in [-0.25, -0.2) is 9.50 Å². The lowest BCUT2D eigenvalue weighted by atomic mass is 9.94. The Hall–Kier alpha value is -3.15. The molecule has 0 radical (unpaired) electrons. The molecule has 0 unspecified atom stereocenters. The zero-order valence-electron chi connectivity index (χ0n) is 16.8. The summed E-state index contributed by atoms with van der Waals surface area (Å²) in [5.41, 5.74) is 7.76. The maximum atomic E-state index is 9.95. The second-order valence-electron chi connectivity index (χ2n) is 8.57. The molecule has 1 aliphatic heterocycles. The predicted molar refractivity (Wildman–Crippen MR) is 110 cm³/mol. The van der Waals surface area contributed by atoms with Gasteiger partial charge in [0.15, 0.2) is 0 Å². The first-order valence-corrected chi connectivity index (χ1v) is 9.42. The van der Waals surface area contributed by atoms with Crippen LogP contribution in [0, 0.1) is 11.3 Å². The van der Waals surface area contributed by atoms with E-state index in [2.05, 4.69) is 21.1 Å². The van der Waals surface area contributed by atoms with Crippen LogP contribution in [0.1, 0.15) is 26.3 Å². The van der Waals surface area contributed by atoms with Gasteiger partial charge < -0.3 is 20.5 Å². The average molecular weight is 392 g/mol. The Labute approximate surface area is 169 Å². The summed E-state index contributed by atoms with van der Waals surface area (Å²) < 4.78 is 7.38. The van der Waals surface area contributed by atoms with Gasteiger partial charge in [0, 0.05) is 36.0 Å². The van der Waals surface area contributed by atoms with E-state index in [1.165, 1.54) is 6.20 Å². The summed E-state index contributed by atoms with van der Waals surface area (Å²) in [7, 11) is 0. The highest BCUT2D eigenvalue weighted by atomic mass is 16.5. The molecule has 1 fully saturated rings. The largest absolute Gasteiger partial charge is 0.489 e. The van der Waals surface area contributed by atoms with E-state index in [1.54, 1.807) is 30.8 Å². The number of anilines is 1. The molecular formula is C21H24N6O2. The molecule has 29 heavy (non-hydrogen) atoms. The molecule has 0 aliphatic carbocycles. The molecule has 0 bridgehead atoms. The molecule has 3 aromatic rings. The van der Waals surface area contributed by atoms with E-state index in [0.717, 1.165) is 30.0 Å². The number of hydrogen-bond donors (Lipinski definition) is 2. The summed E-state index contributed by atoms with van der Waals surface area (Å²) in [4.78, 5) is 6.71. The van der Waals surface area contributed by atoms with Crippen LogP contribution in [0.2, 0.25) is 0 Å². The average Bonchev–Trinajstić information content (AvgIpc) is 3.06. The Balaban J connectivity index is 1.71. The van der Waals surface area contributed by atoms with Crippen LogP contribution in [0.5, 0.6) is 5.75 Å². The quantitative estimate of drug-likeness (QED) is 0.682. The van der Waals surface area contributed by atoms with Crippen molar-refractivity contribution < 1.29 is 9.84 Å². The topological polar surface area (TPSA) is 113 Å². The summed E-state index contributed by atoms with van der Waals surface area (Å²) >= 11 is 0. The molecule has 0 amide bonds. The van der Waals surface area contributed by atoms with E-state index in [-0.39, 0.29) is 12.1 Å². The third kappa shape index (κ3) is 3.88. The van der Waals surface area contributed by atoms with E-state index in [1.807, 2.05) is 25.1 Å². The minimum absolute atomic E-state index is 0.133. The predicted octanol–water partition coefficient (Wildman–Crippen LogP) is 1.96. The van der Waals surface area contributed by atoms with Gasteiger partial charge in [-0.05, 0) is 39.0 Å². The molecule has 0 saturated carbocycles. The van der Waals surface area contributed by atoms with Crippen LogP contribution in [-0.4, -0.2) is 50.5 Å². The van der Waals surface area contributed by atoms with Crippen molar-refractivity contribution in [2.24, 2.45) is 5.73 Å². The Morgan fingerprint density at radius 3 is 2.69 bits per heavy atom. The fraction of sp³-hybridized carbons (Fsp3) is 0.381. The van der Waals surface area contributed by atoms with Crippen molar-refractivity contribution in [3.63, 3.8) is 0 Å². The number of nitrogens with two attached hydrogens (primary N) is 1. The Bertz CT molecular complexity index is 1080. The molecule has 4 heterocycles. The van der Waals surface area contributed by atoms with Gasteiger partial charge >= 0.3 is 0 Å². The first kappa shape index (κ1) is 19.2. The van der Waals surface area contributed by atoms with Crippen molar-refractivity contribution in [1.82, 2.24) is 14.6 Å². The number of hydrogen-bond acceptors (Lipinski definition) is 7. The van der Waals surface area contributed by atoms with Crippen molar-refractivity contribution >= 4 is 11.3 Å². The minimum atomic E-state index is -0.963. The maximum absolute atomic E-state index is 9.95. The van der Waals surface area contributed by atoms with Crippen molar-refractivity contribution in [2.75, 3.05) is 24.6 Å². The van der Waals surface area contributed by atoms with E-state index in [0.29, 0.717) is 16.8 Å². The molecule has 3 N–H and O–H groups in total. The molecule has 4 rings (SSSR count). The van der Waals surface area contributed by atoms with Crippen LogP contribution < -0.4 is 15.4 Å². The molecule has 1 aliphatic rings. The van der Waals surface area contributed by atoms with Crippen LogP contribution >= 0.6 is 0 Å². The normalized spacial score (nSPS) is 15.8. The van der Waals surface area contributed by atoms with Crippen LogP contribution in [0.25, 0.3) is 16.6 Å². The van der Waals surface area contributed by atoms with Gasteiger partial charge in [-0.1, -0.05) is 0 Å². The van der Waals surface area contributed by atoms with Gasteiger partial charge in [0.05, 0.1) is 29.1 Å². The SMILES string of the molecule is CC(C)(O)COc1cc(-c2ccc(N3CC(C)(N)C3)nc2)c2c(C#N)cnn2c1. The van der Waals surface area contributed by atoms with Gasteiger partial charge in [-0.3, -0.25) is 0 Å². The highest BCUT2D eigenvalue weighted by Crippen LogP contribution is 2.32.